The molecule has 11 heavy (non-hydrogen) atoms. The quantitative estimate of drug-likeness (QED) is 0.320. The van der Waals surface area contributed by atoms with Crippen LogP contribution in [0, 0.1) is 4.91 Å². The fourth-order valence-corrected chi connectivity index (χ4v) is 1.03. The van der Waals surface area contributed by atoms with Gasteiger partial charge in [0.1, 0.15) is 0 Å². The molecule has 0 atom stereocenters. The first-order chi connectivity index (χ1) is 5.25. The molecule has 0 unspecified atom stereocenters. The van der Waals surface area contributed by atoms with Crippen molar-refractivity contribution in [3.8, 4) is 0 Å². The molecule has 0 N–H and O–H groups in total. The third-order valence-corrected chi connectivity index (χ3v) is 1.59. The second kappa shape index (κ2) is 3.18. The third-order valence-electron chi connectivity index (χ3n) is 1.59. The first-order valence-corrected chi connectivity index (χ1v) is 3.34. The minimum Gasteiger partial charge on any atom is -0.294 e. The first kappa shape index (κ1) is 7.78. The lowest BCUT2D eigenvalue weighted by atomic mass is 9.93. The molecule has 0 bridgehead atoms. The van der Waals surface area contributed by atoms with Gasteiger partial charge in [0.2, 0.25) is 0 Å². The second-order valence-electron chi connectivity index (χ2n) is 2.35. The number of rotatable bonds is 1. The van der Waals surface area contributed by atoms with Crippen molar-refractivity contribution in [3.05, 3.63) is 16.7 Å². The molecule has 1 fully saturated rings. The molecule has 0 heterocycles. The van der Waals surface area contributed by atoms with E-state index in [1.807, 2.05) is 0 Å². The summed E-state index contributed by atoms with van der Waals surface area (Å²) >= 11 is 0. The smallest absolute Gasteiger partial charge is 0.168 e. The van der Waals surface area contributed by atoms with E-state index in [1.54, 1.807) is 0 Å². The Morgan fingerprint density at radius 3 is 2.18 bits per heavy atom. The maximum atomic E-state index is 10.9. The average molecular weight is 153 g/mol. The van der Waals surface area contributed by atoms with Crippen molar-refractivity contribution < 1.29 is 9.59 Å². The normalized spacial score (nSPS) is 18.4. The Kier molecular flexibility index (Phi) is 2.25. The van der Waals surface area contributed by atoms with Gasteiger partial charge in [-0.1, -0.05) is 0 Å². The van der Waals surface area contributed by atoms with Crippen LogP contribution in [0.2, 0.25) is 0 Å². The van der Waals surface area contributed by atoms with Crippen LogP contribution in [-0.2, 0) is 9.59 Å². The van der Waals surface area contributed by atoms with E-state index in [9.17, 15) is 14.5 Å². The zero-order valence-electron chi connectivity index (χ0n) is 5.87. The Balaban J connectivity index is 2.87. The van der Waals surface area contributed by atoms with Crippen molar-refractivity contribution in [1.82, 2.24) is 0 Å². The zero-order valence-corrected chi connectivity index (χ0v) is 5.87. The number of ketones is 2. The second-order valence-corrected chi connectivity index (χ2v) is 2.35. The van der Waals surface area contributed by atoms with Gasteiger partial charge in [-0.25, -0.2) is 0 Å². The minimum atomic E-state index is -0.263. The fraction of sp³-hybridized carbons (Fsp3) is 0.429. The molecule has 0 aromatic heterocycles. The van der Waals surface area contributed by atoms with E-state index in [4.69, 9.17) is 0 Å². The van der Waals surface area contributed by atoms with Crippen LogP contribution in [0.4, 0.5) is 0 Å². The number of Topliss-reactive ketones (excluding diaryl/α,β-unsaturated/α-hetero) is 2. The van der Waals surface area contributed by atoms with Crippen LogP contribution in [0.3, 0.4) is 0 Å². The van der Waals surface area contributed by atoms with E-state index < -0.39 is 0 Å². The summed E-state index contributed by atoms with van der Waals surface area (Å²) in [5.41, 5.74) is -0.0359. The lowest BCUT2D eigenvalue weighted by Crippen LogP contribution is -2.18. The highest BCUT2D eigenvalue weighted by Crippen LogP contribution is 2.15. The number of nitrogens with zero attached hydrogens (tertiary/aromatic N) is 1. The molecule has 1 saturated carbocycles. The number of allylic oxidation sites excluding steroid dienone is 1. The molecule has 0 radical (unpaired) electrons. The predicted octanol–water partition coefficient (Wildman–Crippen LogP) is 0.959. The molecule has 1 rings (SSSR count). The average Bonchev–Trinajstić information content (AvgIpc) is 1.97. The maximum absolute atomic E-state index is 10.9. The molecule has 1 aliphatic carbocycles. The summed E-state index contributed by atoms with van der Waals surface area (Å²) in [6.07, 6.45) is 2.11. The molecule has 0 saturated heterocycles. The van der Waals surface area contributed by atoms with Gasteiger partial charge >= 0.3 is 0 Å². The van der Waals surface area contributed by atoms with Crippen LogP contribution < -0.4 is 0 Å². The molecule has 0 spiro atoms. The van der Waals surface area contributed by atoms with Gasteiger partial charge in [-0.3, -0.25) is 9.59 Å². The van der Waals surface area contributed by atoms with Crippen molar-refractivity contribution in [2.24, 2.45) is 5.18 Å². The largest absolute Gasteiger partial charge is 0.294 e. The summed E-state index contributed by atoms with van der Waals surface area (Å²) in [4.78, 5) is 31.5. The van der Waals surface area contributed by atoms with Crippen molar-refractivity contribution >= 4 is 11.6 Å². The number of carbonyl (C=O) groups excluding carboxylic acids is 2. The van der Waals surface area contributed by atoms with Crippen LogP contribution in [0.15, 0.2) is 16.9 Å². The van der Waals surface area contributed by atoms with E-state index >= 15 is 0 Å². The predicted molar refractivity (Wildman–Crippen MR) is 37.7 cm³/mol. The highest BCUT2D eigenvalue weighted by Gasteiger charge is 2.22. The number of nitroso groups, excluding NO2 is 1. The Labute approximate surface area is 63.3 Å². The Morgan fingerprint density at radius 1 is 1.18 bits per heavy atom. The lowest BCUT2D eigenvalue weighted by molar-refractivity contribution is -0.123. The highest BCUT2D eigenvalue weighted by molar-refractivity contribution is 6.21. The standard InChI is InChI=1S/C7H7NO3/c9-6-2-1-3-7(10)5(6)4-8-11/h4H,1-3H2. The van der Waals surface area contributed by atoms with Gasteiger partial charge in [0, 0.05) is 12.8 Å². The summed E-state index contributed by atoms with van der Waals surface area (Å²) in [5, 5.41) is 2.41. The summed E-state index contributed by atoms with van der Waals surface area (Å²) in [6.45, 7) is 0. The molecular weight excluding hydrogens is 146 g/mol. The van der Waals surface area contributed by atoms with Crippen molar-refractivity contribution in [1.29, 1.82) is 0 Å². The highest BCUT2D eigenvalue weighted by atomic mass is 16.2. The molecule has 0 aromatic rings. The summed E-state index contributed by atoms with van der Waals surface area (Å²) in [6, 6.07) is 0. The monoisotopic (exact) mass is 153 g/mol. The Morgan fingerprint density at radius 2 is 1.73 bits per heavy atom. The van der Waals surface area contributed by atoms with Gasteiger partial charge in [0.05, 0.1) is 11.8 Å². The lowest BCUT2D eigenvalue weighted by Gasteiger charge is -2.08. The summed E-state index contributed by atoms with van der Waals surface area (Å²) < 4.78 is 0. The molecule has 0 amide bonds. The van der Waals surface area contributed by atoms with Crippen molar-refractivity contribution in [2.45, 2.75) is 19.3 Å². The van der Waals surface area contributed by atoms with Gasteiger partial charge in [-0.15, -0.1) is 4.91 Å². The van der Waals surface area contributed by atoms with Crippen LogP contribution in [0.25, 0.3) is 0 Å². The van der Waals surface area contributed by atoms with Gasteiger partial charge < -0.3 is 0 Å². The van der Waals surface area contributed by atoms with E-state index in [0.29, 0.717) is 19.3 Å². The number of hydrogen-bond acceptors (Lipinski definition) is 4. The van der Waals surface area contributed by atoms with Crippen molar-refractivity contribution in [3.63, 3.8) is 0 Å². The first-order valence-electron chi connectivity index (χ1n) is 3.34. The van der Waals surface area contributed by atoms with E-state index in [0.717, 1.165) is 6.20 Å². The fourth-order valence-electron chi connectivity index (χ4n) is 1.03. The SMILES string of the molecule is O=NC=C1C(=O)CCCC1=O. The summed E-state index contributed by atoms with van der Waals surface area (Å²) in [7, 11) is 0. The van der Waals surface area contributed by atoms with E-state index in [2.05, 4.69) is 5.18 Å². The van der Waals surface area contributed by atoms with Crippen LogP contribution in [0.1, 0.15) is 19.3 Å². The molecular formula is C7H7NO3. The third kappa shape index (κ3) is 1.58. The molecule has 0 aliphatic heterocycles. The van der Waals surface area contributed by atoms with E-state index in [1.165, 1.54) is 0 Å². The minimum absolute atomic E-state index is 0.0359. The topological polar surface area (TPSA) is 63.6 Å². The van der Waals surface area contributed by atoms with Crippen LogP contribution in [0.5, 0.6) is 0 Å². The molecule has 1 aliphatic rings. The van der Waals surface area contributed by atoms with Gasteiger partial charge in [-0.2, -0.15) is 0 Å². The molecule has 0 aromatic carbocycles. The Hall–Kier alpha value is -1.32. The van der Waals surface area contributed by atoms with E-state index in [-0.39, 0.29) is 17.1 Å². The van der Waals surface area contributed by atoms with Gasteiger partial charge in [-0.05, 0) is 11.6 Å². The Bertz CT molecular complexity index is 224. The number of hydrogen-bond donors (Lipinski definition) is 0. The zero-order chi connectivity index (χ0) is 8.27. The maximum Gasteiger partial charge on any atom is 0.168 e. The van der Waals surface area contributed by atoms with Crippen LogP contribution in [-0.4, -0.2) is 11.6 Å². The molecule has 58 valence electrons. The van der Waals surface area contributed by atoms with Crippen molar-refractivity contribution in [2.75, 3.05) is 0 Å². The van der Waals surface area contributed by atoms with Gasteiger partial charge in [0.15, 0.2) is 11.6 Å². The van der Waals surface area contributed by atoms with Gasteiger partial charge in [0.25, 0.3) is 0 Å². The molecule has 4 nitrogen and oxygen atoms in total. The molecule has 4 heteroatoms. The van der Waals surface area contributed by atoms with Crippen LogP contribution >= 0.6 is 0 Å². The number of carbonyl (C=O) groups is 2. The summed E-state index contributed by atoms with van der Waals surface area (Å²) in [5.74, 6) is -0.526.